The van der Waals surface area contributed by atoms with Gasteiger partial charge in [0.1, 0.15) is 12.6 Å². The van der Waals surface area contributed by atoms with Crippen molar-refractivity contribution in [1.29, 1.82) is 0 Å². The molecule has 3 aromatic rings. The van der Waals surface area contributed by atoms with Crippen LogP contribution in [0.1, 0.15) is 31.4 Å². The van der Waals surface area contributed by atoms with Gasteiger partial charge in [0, 0.05) is 4.90 Å². The van der Waals surface area contributed by atoms with Crippen molar-refractivity contribution < 1.29 is 19.1 Å². The van der Waals surface area contributed by atoms with Crippen molar-refractivity contribution in [2.75, 3.05) is 5.75 Å². The van der Waals surface area contributed by atoms with Gasteiger partial charge in [-0.3, -0.25) is 9.59 Å². The largest absolute Gasteiger partial charge is 0.445 e. The summed E-state index contributed by atoms with van der Waals surface area (Å²) in [6, 6.07) is 27.4. The summed E-state index contributed by atoms with van der Waals surface area (Å²) >= 11 is 1.40. The minimum Gasteiger partial charge on any atom is -0.445 e. The molecular formula is C30H32N2O4S. The molecule has 2 N–H and O–H groups in total. The molecule has 0 spiro atoms. The van der Waals surface area contributed by atoms with Crippen molar-refractivity contribution in [3.63, 3.8) is 0 Å². The number of ether oxygens (including phenoxy) is 1. The van der Waals surface area contributed by atoms with Gasteiger partial charge in [-0.25, -0.2) is 4.79 Å². The molecule has 0 saturated heterocycles. The Balaban J connectivity index is 1.70. The van der Waals surface area contributed by atoms with Crippen molar-refractivity contribution >= 4 is 35.6 Å². The molecule has 0 aliphatic carbocycles. The molecule has 3 rings (SSSR count). The minimum absolute atomic E-state index is 0.0943. The number of amides is 2. The van der Waals surface area contributed by atoms with Crippen molar-refractivity contribution in [2.24, 2.45) is 5.92 Å². The second kappa shape index (κ2) is 14.7. The van der Waals surface area contributed by atoms with E-state index in [1.54, 1.807) is 6.08 Å². The molecule has 0 radical (unpaired) electrons. The van der Waals surface area contributed by atoms with Gasteiger partial charge in [-0.1, -0.05) is 92.7 Å². The van der Waals surface area contributed by atoms with E-state index in [0.29, 0.717) is 6.42 Å². The van der Waals surface area contributed by atoms with Gasteiger partial charge in [0.05, 0.1) is 11.4 Å². The van der Waals surface area contributed by atoms with Gasteiger partial charge in [0.25, 0.3) is 0 Å². The summed E-state index contributed by atoms with van der Waals surface area (Å²) in [7, 11) is 0. The molecule has 0 saturated carbocycles. The van der Waals surface area contributed by atoms with E-state index >= 15 is 0 Å². The Morgan fingerprint density at radius 2 is 1.46 bits per heavy atom. The van der Waals surface area contributed by atoms with Crippen LogP contribution in [0.15, 0.2) is 102 Å². The molecule has 1 atom stereocenters. The second-order valence-corrected chi connectivity index (χ2v) is 9.92. The lowest BCUT2D eigenvalue weighted by Gasteiger charge is -2.21. The Kier molecular flexibility index (Phi) is 11.0. The quantitative estimate of drug-likeness (QED) is 0.233. The molecule has 0 bridgehead atoms. The predicted molar refractivity (Wildman–Crippen MR) is 148 cm³/mol. The first kappa shape index (κ1) is 27.7. The van der Waals surface area contributed by atoms with E-state index in [-0.39, 0.29) is 29.8 Å². The highest BCUT2D eigenvalue weighted by atomic mass is 32.2. The van der Waals surface area contributed by atoms with Crippen LogP contribution >= 0.6 is 11.8 Å². The smallest absolute Gasteiger partial charge is 0.408 e. The number of carbonyl (C=O) groups excluding carboxylic acids is 3. The first-order chi connectivity index (χ1) is 17.9. The van der Waals surface area contributed by atoms with Crippen molar-refractivity contribution in [3.8, 4) is 0 Å². The number of allylic oxidation sites excluding steroid dienone is 1. The summed E-state index contributed by atoms with van der Waals surface area (Å²) in [6.07, 6.45) is 1.35. The van der Waals surface area contributed by atoms with Gasteiger partial charge in [0.2, 0.25) is 5.91 Å². The summed E-state index contributed by atoms with van der Waals surface area (Å²) < 4.78 is 5.31. The zero-order valence-corrected chi connectivity index (χ0v) is 21.9. The standard InChI is InChI=1S/C30H32N2O4S/c1-22(2)18-27(32-30(35)36-20-24-14-8-4-9-15-24)29(34)31-26(19-23-12-6-3-7-13-23)28(33)21-37-25-16-10-5-11-17-25/h3-17,19,22,27H,18,20-21H2,1-2H3,(H,31,34)(H,32,35)/b26-19+/t27-/m0/s1. The number of ketones is 1. The van der Waals surface area contributed by atoms with Crippen LogP contribution in [0.5, 0.6) is 0 Å². The average Bonchev–Trinajstić information content (AvgIpc) is 2.91. The Morgan fingerprint density at radius 3 is 2.08 bits per heavy atom. The lowest BCUT2D eigenvalue weighted by molar-refractivity contribution is -0.124. The molecular weight excluding hydrogens is 484 g/mol. The first-order valence-electron chi connectivity index (χ1n) is 12.2. The van der Waals surface area contributed by atoms with Crippen LogP contribution in [0.3, 0.4) is 0 Å². The van der Waals surface area contributed by atoms with Gasteiger partial charge in [-0.2, -0.15) is 0 Å². The van der Waals surface area contributed by atoms with Crippen molar-refractivity contribution in [1.82, 2.24) is 10.6 Å². The second-order valence-electron chi connectivity index (χ2n) is 8.87. The van der Waals surface area contributed by atoms with Gasteiger partial charge in [-0.05, 0) is 41.7 Å². The SMILES string of the molecule is CC(C)C[C@H](NC(=O)OCc1ccccc1)C(=O)N/C(=C/c1ccccc1)C(=O)CSc1ccccc1. The Hall–Kier alpha value is -3.84. The summed E-state index contributed by atoms with van der Waals surface area (Å²) in [5.41, 5.74) is 1.80. The van der Waals surface area contributed by atoms with E-state index in [2.05, 4.69) is 10.6 Å². The van der Waals surface area contributed by atoms with Crippen LogP contribution in [0.25, 0.3) is 6.08 Å². The molecule has 0 aromatic heterocycles. The molecule has 2 amide bonds. The van der Waals surface area contributed by atoms with Crippen LogP contribution < -0.4 is 10.6 Å². The number of carbonyl (C=O) groups is 3. The Bertz CT molecular complexity index is 1180. The zero-order chi connectivity index (χ0) is 26.5. The summed E-state index contributed by atoms with van der Waals surface area (Å²) in [6.45, 7) is 4.01. The highest BCUT2D eigenvalue weighted by molar-refractivity contribution is 8.00. The molecule has 0 heterocycles. The summed E-state index contributed by atoms with van der Waals surface area (Å²) in [5, 5.41) is 5.44. The summed E-state index contributed by atoms with van der Waals surface area (Å²) in [4.78, 5) is 39.9. The average molecular weight is 517 g/mol. The van der Waals surface area contributed by atoms with Gasteiger partial charge in [-0.15, -0.1) is 11.8 Å². The van der Waals surface area contributed by atoms with E-state index < -0.39 is 18.0 Å². The fraction of sp³-hybridized carbons (Fsp3) is 0.233. The number of thioether (sulfide) groups is 1. The molecule has 3 aromatic carbocycles. The third kappa shape index (κ3) is 9.97. The van der Waals surface area contributed by atoms with E-state index in [0.717, 1.165) is 16.0 Å². The third-order valence-electron chi connectivity index (χ3n) is 5.31. The maximum Gasteiger partial charge on any atom is 0.408 e. The lowest BCUT2D eigenvalue weighted by Crippen LogP contribution is -2.48. The van der Waals surface area contributed by atoms with E-state index in [1.807, 2.05) is 105 Å². The maximum atomic E-state index is 13.3. The molecule has 0 aliphatic heterocycles. The predicted octanol–water partition coefficient (Wildman–Crippen LogP) is 5.85. The zero-order valence-electron chi connectivity index (χ0n) is 21.1. The van der Waals surface area contributed by atoms with Crippen LogP contribution in [0, 0.1) is 5.92 Å². The maximum absolute atomic E-state index is 13.3. The number of alkyl carbamates (subject to hydrolysis) is 1. The van der Waals surface area contributed by atoms with Crippen molar-refractivity contribution in [3.05, 3.63) is 108 Å². The Morgan fingerprint density at radius 1 is 0.865 bits per heavy atom. The summed E-state index contributed by atoms with van der Waals surface area (Å²) in [5.74, 6) is -0.410. The molecule has 37 heavy (non-hydrogen) atoms. The first-order valence-corrected chi connectivity index (χ1v) is 13.1. The number of nitrogens with one attached hydrogen (secondary N) is 2. The van der Waals surface area contributed by atoms with E-state index in [4.69, 9.17) is 4.74 Å². The third-order valence-corrected chi connectivity index (χ3v) is 6.32. The van der Waals surface area contributed by atoms with Crippen LogP contribution in [0.4, 0.5) is 4.79 Å². The number of hydrogen-bond acceptors (Lipinski definition) is 5. The van der Waals surface area contributed by atoms with Crippen molar-refractivity contribution in [2.45, 2.75) is 37.8 Å². The fourth-order valence-electron chi connectivity index (χ4n) is 3.48. The molecule has 0 fully saturated rings. The molecule has 6 nitrogen and oxygen atoms in total. The van der Waals surface area contributed by atoms with Crippen LogP contribution in [-0.2, 0) is 20.9 Å². The van der Waals surface area contributed by atoms with Gasteiger partial charge < -0.3 is 15.4 Å². The van der Waals surface area contributed by atoms with Gasteiger partial charge >= 0.3 is 6.09 Å². The minimum atomic E-state index is -0.864. The number of Topliss-reactive ketones (excluding diaryl/α,β-unsaturated/α-hetero) is 1. The topological polar surface area (TPSA) is 84.5 Å². The van der Waals surface area contributed by atoms with E-state index in [9.17, 15) is 14.4 Å². The van der Waals surface area contributed by atoms with Crippen LogP contribution in [-0.4, -0.2) is 29.6 Å². The Labute approximate surface area is 222 Å². The normalized spacial score (nSPS) is 12.0. The van der Waals surface area contributed by atoms with Gasteiger partial charge in [0.15, 0.2) is 5.78 Å². The molecule has 192 valence electrons. The van der Waals surface area contributed by atoms with E-state index in [1.165, 1.54) is 11.8 Å². The molecule has 0 unspecified atom stereocenters. The monoisotopic (exact) mass is 516 g/mol. The number of benzene rings is 3. The highest BCUT2D eigenvalue weighted by Crippen LogP contribution is 2.19. The molecule has 0 aliphatic rings. The molecule has 7 heteroatoms. The van der Waals surface area contributed by atoms with Crippen LogP contribution in [0.2, 0.25) is 0 Å². The fourth-order valence-corrected chi connectivity index (χ4v) is 4.28. The number of rotatable bonds is 12. The number of hydrogen-bond donors (Lipinski definition) is 2. The lowest BCUT2D eigenvalue weighted by atomic mass is 10.0. The highest BCUT2D eigenvalue weighted by Gasteiger charge is 2.25.